The monoisotopic (exact) mass is 450 g/mol. The lowest BCUT2D eigenvalue weighted by molar-refractivity contribution is -0.118. The molecule has 0 aliphatic rings. The van der Waals surface area contributed by atoms with Crippen LogP contribution < -0.4 is 14.8 Å². The van der Waals surface area contributed by atoms with Gasteiger partial charge in [-0.25, -0.2) is 4.98 Å². The van der Waals surface area contributed by atoms with E-state index in [1.807, 2.05) is 18.2 Å². The van der Waals surface area contributed by atoms with E-state index in [0.29, 0.717) is 45.2 Å². The average molecular weight is 451 g/mol. The van der Waals surface area contributed by atoms with Crippen molar-refractivity contribution < 1.29 is 18.7 Å². The van der Waals surface area contributed by atoms with Crippen molar-refractivity contribution in [2.45, 2.75) is 19.8 Å². The molecule has 0 fully saturated rings. The Morgan fingerprint density at radius 3 is 2.53 bits per heavy atom. The number of rotatable bonds is 7. The van der Waals surface area contributed by atoms with Gasteiger partial charge in [0, 0.05) is 5.56 Å². The number of halogens is 1. The molecule has 0 saturated carbocycles. The first kappa shape index (κ1) is 21.7. The number of hydrogen-bond acceptors (Lipinski definition) is 5. The van der Waals surface area contributed by atoms with Crippen LogP contribution in [0.25, 0.3) is 22.6 Å². The molecule has 4 aromatic rings. The number of anilines is 1. The SMILES string of the molecule is COc1ccc(OCC(=O)Nc2cc(-c3nc4cc(C(C)C)ccc4o3)ccc2Cl)cc1. The normalized spacial score (nSPS) is 11.0. The highest BCUT2D eigenvalue weighted by Gasteiger charge is 2.13. The van der Waals surface area contributed by atoms with E-state index in [9.17, 15) is 4.79 Å². The number of hydrogen-bond donors (Lipinski definition) is 1. The van der Waals surface area contributed by atoms with Crippen molar-refractivity contribution in [1.82, 2.24) is 4.98 Å². The number of methoxy groups -OCH3 is 1. The van der Waals surface area contributed by atoms with E-state index in [2.05, 4.69) is 24.1 Å². The van der Waals surface area contributed by atoms with Gasteiger partial charge >= 0.3 is 0 Å². The summed E-state index contributed by atoms with van der Waals surface area (Å²) >= 11 is 6.29. The van der Waals surface area contributed by atoms with Crippen molar-refractivity contribution in [1.29, 1.82) is 0 Å². The molecular formula is C25H23ClN2O4. The minimum absolute atomic E-state index is 0.159. The van der Waals surface area contributed by atoms with Crippen LogP contribution in [0.1, 0.15) is 25.3 Å². The standard InChI is InChI=1S/C25H23ClN2O4/c1-15(2)16-5-11-23-22(12-16)28-25(32-23)17-4-10-20(26)21(13-17)27-24(29)14-31-19-8-6-18(30-3)7-9-19/h4-13,15H,14H2,1-3H3,(H,27,29). The maximum absolute atomic E-state index is 12.4. The molecule has 6 nitrogen and oxygen atoms in total. The van der Waals surface area contributed by atoms with E-state index in [1.165, 1.54) is 5.56 Å². The summed E-state index contributed by atoms with van der Waals surface area (Å²) in [4.78, 5) is 17.0. The summed E-state index contributed by atoms with van der Waals surface area (Å²) < 4.78 is 16.5. The third kappa shape index (κ3) is 4.86. The average Bonchev–Trinajstić information content (AvgIpc) is 3.23. The zero-order valence-corrected chi connectivity index (χ0v) is 18.8. The lowest BCUT2D eigenvalue weighted by Crippen LogP contribution is -2.20. The largest absolute Gasteiger partial charge is 0.497 e. The maximum atomic E-state index is 12.4. The van der Waals surface area contributed by atoms with Gasteiger partial charge in [-0.1, -0.05) is 31.5 Å². The number of fused-ring (bicyclic) bond motifs is 1. The van der Waals surface area contributed by atoms with Gasteiger partial charge in [0.25, 0.3) is 5.91 Å². The number of benzene rings is 3. The highest BCUT2D eigenvalue weighted by atomic mass is 35.5. The molecule has 3 aromatic carbocycles. The van der Waals surface area contributed by atoms with Crippen LogP contribution in [0, 0.1) is 0 Å². The minimum Gasteiger partial charge on any atom is -0.497 e. The zero-order chi connectivity index (χ0) is 22.7. The summed E-state index contributed by atoms with van der Waals surface area (Å²) in [7, 11) is 1.59. The van der Waals surface area contributed by atoms with E-state index >= 15 is 0 Å². The zero-order valence-electron chi connectivity index (χ0n) is 18.0. The molecule has 4 rings (SSSR count). The van der Waals surface area contributed by atoms with E-state index in [-0.39, 0.29) is 12.5 Å². The third-order valence-corrected chi connectivity index (χ3v) is 5.32. The first-order valence-corrected chi connectivity index (χ1v) is 10.6. The minimum atomic E-state index is -0.334. The molecule has 32 heavy (non-hydrogen) atoms. The highest BCUT2D eigenvalue weighted by molar-refractivity contribution is 6.33. The molecule has 0 radical (unpaired) electrons. The van der Waals surface area contributed by atoms with Crippen molar-refractivity contribution in [2.24, 2.45) is 0 Å². The van der Waals surface area contributed by atoms with Gasteiger partial charge in [-0.2, -0.15) is 0 Å². The number of carbonyl (C=O) groups is 1. The molecule has 7 heteroatoms. The molecule has 1 aromatic heterocycles. The van der Waals surface area contributed by atoms with E-state index in [4.69, 9.17) is 25.5 Å². The summed E-state index contributed by atoms with van der Waals surface area (Å²) in [6.07, 6.45) is 0. The molecule has 1 amide bonds. The summed E-state index contributed by atoms with van der Waals surface area (Å²) in [5.41, 5.74) is 3.86. The fraction of sp³-hybridized carbons (Fsp3) is 0.200. The Morgan fingerprint density at radius 2 is 1.81 bits per heavy atom. The number of amides is 1. The lowest BCUT2D eigenvalue weighted by atomic mass is 10.0. The molecule has 0 spiro atoms. The second kappa shape index (κ2) is 9.32. The van der Waals surface area contributed by atoms with Crippen LogP contribution in [-0.2, 0) is 4.79 Å². The van der Waals surface area contributed by atoms with Gasteiger partial charge in [-0.3, -0.25) is 4.79 Å². The smallest absolute Gasteiger partial charge is 0.262 e. The highest BCUT2D eigenvalue weighted by Crippen LogP contribution is 2.31. The number of oxazole rings is 1. The Hall–Kier alpha value is -3.51. The molecule has 164 valence electrons. The van der Waals surface area contributed by atoms with Gasteiger partial charge in [0.1, 0.15) is 17.0 Å². The number of nitrogens with one attached hydrogen (secondary N) is 1. The molecule has 0 bridgehead atoms. The van der Waals surface area contributed by atoms with Crippen LogP contribution in [0.15, 0.2) is 65.1 Å². The Morgan fingerprint density at radius 1 is 1.06 bits per heavy atom. The second-order valence-electron chi connectivity index (χ2n) is 7.61. The van der Waals surface area contributed by atoms with E-state index in [1.54, 1.807) is 49.6 Å². The summed E-state index contributed by atoms with van der Waals surface area (Å²) in [5, 5.41) is 3.19. The van der Waals surface area contributed by atoms with Crippen molar-refractivity contribution in [2.75, 3.05) is 19.0 Å². The molecule has 0 unspecified atom stereocenters. The molecule has 0 atom stereocenters. The van der Waals surface area contributed by atoms with Gasteiger partial charge in [0.15, 0.2) is 12.2 Å². The molecule has 0 saturated heterocycles. The number of carbonyl (C=O) groups excluding carboxylic acids is 1. The molecule has 1 N–H and O–H groups in total. The number of nitrogens with zero attached hydrogens (tertiary/aromatic N) is 1. The third-order valence-electron chi connectivity index (χ3n) is 5.00. The summed E-state index contributed by atoms with van der Waals surface area (Å²) in [6.45, 7) is 4.11. The van der Waals surface area contributed by atoms with Gasteiger partial charge in [0.2, 0.25) is 5.89 Å². The number of aromatic nitrogens is 1. The van der Waals surface area contributed by atoms with Crippen LogP contribution in [0.4, 0.5) is 5.69 Å². The van der Waals surface area contributed by atoms with Gasteiger partial charge in [-0.05, 0) is 66.1 Å². The van der Waals surface area contributed by atoms with Crippen molar-refractivity contribution in [3.63, 3.8) is 0 Å². The van der Waals surface area contributed by atoms with Crippen LogP contribution in [0.3, 0.4) is 0 Å². The van der Waals surface area contributed by atoms with Crippen LogP contribution in [-0.4, -0.2) is 24.6 Å². The molecule has 1 heterocycles. The summed E-state index contributed by atoms with van der Waals surface area (Å²) in [6, 6.07) is 18.2. The first-order valence-electron chi connectivity index (χ1n) is 10.2. The van der Waals surface area contributed by atoms with Gasteiger partial charge in [-0.15, -0.1) is 0 Å². The Balaban J connectivity index is 1.48. The fourth-order valence-electron chi connectivity index (χ4n) is 3.19. The van der Waals surface area contributed by atoms with Crippen molar-refractivity contribution >= 4 is 34.3 Å². The van der Waals surface area contributed by atoms with Gasteiger partial charge < -0.3 is 19.2 Å². The lowest BCUT2D eigenvalue weighted by Gasteiger charge is -2.10. The molecule has 0 aliphatic carbocycles. The predicted octanol–water partition coefficient (Wildman–Crippen LogP) is 6.30. The number of ether oxygens (including phenoxy) is 2. The second-order valence-corrected chi connectivity index (χ2v) is 8.02. The van der Waals surface area contributed by atoms with Crippen molar-refractivity contribution in [3.8, 4) is 23.0 Å². The Bertz CT molecular complexity index is 1250. The Labute approximate surface area is 191 Å². The fourth-order valence-corrected chi connectivity index (χ4v) is 3.35. The first-order chi connectivity index (χ1) is 15.4. The van der Waals surface area contributed by atoms with Crippen LogP contribution >= 0.6 is 11.6 Å². The predicted molar refractivity (Wildman–Crippen MR) is 126 cm³/mol. The van der Waals surface area contributed by atoms with Crippen molar-refractivity contribution in [3.05, 3.63) is 71.2 Å². The van der Waals surface area contributed by atoms with Crippen LogP contribution in [0.5, 0.6) is 11.5 Å². The summed E-state index contributed by atoms with van der Waals surface area (Å²) in [5.74, 6) is 1.80. The quantitative estimate of drug-likeness (QED) is 0.357. The van der Waals surface area contributed by atoms with Gasteiger partial charge in [0.05, 0.1) is 17.8 Å². The molecular weight excluding hydrogens is 428 g/mol. The molecule has 0 aliphatic heterocycles. The maximum Gasteiger partial charge on any atom is 0.262 e. The van der Waals surface area contributed by atoms with E-state index in [0.717, 1.165) is 5.52 Å². The van der Waals surface area contributed by atoms with E-state index < -0.39 is 0 Å². The van der Waals surface area contributed by atoms with Crippen LogP contribution in [0.2, 0.25) is 5.02 Å². The Kier molecular flexibility index (Phi) is 6.32. The topological polar surface area (TPSA) is 73.6 Å².